The Morgan fingerprint density at radius 2 is 0.557 bits per heavy atom. The molecule has 338 valence electrons. The topological polar surface area (TPSA) is 31.4 Å². The fourth-order valence-corrected chi connectivity index (χ4v) is 9.60. The van der Waals surface area contributed by atoms with Crippen LogP contribution in [-0.4, -0.2) is 0 Å². The van der Waals surface area contributed by atoms with Crippen LogP contribution < -0.4 is 29.1 Å². The molecule has 0 radical (unpaired) electrons. The highest BCUT2D eigenvalue weighted by Crippen LogP contribution is 2.54. The minimum absolute atomic E-state index is 0.794. The van der Waals surface area contributed by atoms with Gasteiger partial charge in [-0.2, -0.15) is 0 Å². The van der Waals surface area contributed by atoms with Crippen molar-refractivity contribution in [2.24, 2.45) is 0 Å². The minimum Gasteiger partial charge on any atom is -0.453 e. The van der Waals surface area contributed by atoms with E-state index in [1.54, 1.807) is 0 Å². The van der Waals surface area contributed by atoms with Crippen molar-refractivity contribution in [1.29, 1.82) is 0 Å². The van der Waals surface area contributed by atoms with Gasteiger partial charge in [0.2, 0.25) is 0 Å². The number of anilines is 12. The summed E-state index contributed by atoms with van der Waals surface area (Å²) in [5.74, 6) is 3.23. The van der Waals surface area contributed by atoms with Gasteiger partial charge in [0.1, 0.15) is 0 Å². The lowest BCUT2D eigenvalue weighted by molar-refractivity contribution is 0.477. The molecule has 0 atom stereocenters. The Kier molecular flexibility index (Phi) is 10.6. The zero-order chi connectivity index (χ0) is 47.3. The molecule has 0 N–H and O–H groups in total. The number of benzene rings is 10. The third-order valence-electron chi connectivity index (χ3n) is 13.3. The molecule has 0 saturated carbocycles. The summed E-state index contributed by atoms with van der Waals surface area (Å²) >= 11 is 0. The van der Waals surface area contributed by atoms with E-state index in [9.17, 15) is 0 Å². The van der Waals surface area contributed by atoms with Gasteiger partial charge in [0.15, 0.2) is 23.0 Å². The van der Waals surface area contributed by atoms with E-state index in [2.05, 4.69) is 254 Å². The fourth-order valence-electron chi connectivity index (χ4n) is 9.60. The van der Waals surface area contributed by atoms with Crippen LogP contribution in [0.1, 0.15) is 22.3 Å². The second kappa shape index (κ2) is 17.6. The number of para-hydroxylation sites is 4. The van der Waals surface area contributed by atoms with Crippen LogP contribution in [-0.2, 0) is 0 Å². The van der Waals surface area contributed by atoms with E-state index < -0.39 is 0 Å². The third kappa shape index (κ3) is 7.85. The molecule has 0 bridgehead atoms. The summed E-state index contributed by atoms with van der Waals surface area (Å²) < 4.78 is 13.4. The van der Waals surface area contributed by atoms with E-state index in [0.29, 0.717) is 0 Å². The molecular formula is C64H50N4O2. The molecule has 0 unspecified atom stereocenters. The summed E-state index contributed by atoms with van der Waals surface area (Å²) in [7, 11) is 0. The third-order valence-corrected chi connectivity index (χ3v) is 13.3. The van der Waals surface area contributed by atoms with Crippen molar-refractivity contribution in [3.8, 4) is 34.1 Å². The van der Waals surface area contributed by atoms with Crippen LogP contribution in [0.15, 0.2) is 231 Å². The van der Waals surface area contributed by atoms with Crippen molar-refractivity contribution in [2.75, 3.05) is 19.6 Å². The van der Waals surface area contributed by atoms with Crippen molar-refractivity contribution >= 4 is 68.2 Å². The largest absolute Gasteiger partial charge is 0.453 e. The number of hydrogen-bond acceptors (Lipinski definition) is 6. The van der Waals surface area contributed by atoms with E-state index in [1.165, 1.54) is 22.3 Å². The number of hydrogen-bond donors (Lipinski definition) is 0. The van der Waals surface area contributed by atoms with Gasteiger partial charge in [0, 0.05) is 57.6 Å². The van der Waals surface area contributed by atoms with E-state index in [4.69, 9.17) is 9.47 Å². The number of fused-ring (bicyclic) bond motifs is 4. The highest BCUT2D eigenvalue weighted by Gasteiger charge is 2.29. The first-order chi connectivity index (χ1) is 34.3. The maximum absolute atomic E-state index is 6.68. The van der Waals surface area contributed by atoms with Gasteiger partial charge in [-0.1, -0.05) is 119 Å². The maximum Gasteiger partial charge on any atom is 0.153 e. The van der Waals surface area contributed by atoms with E-state index in [-0.39, 0.29) is 0 Å². The first kappa shape index (κ1) is 42.4. The molecule has 0 fully saturated rings. The molecule has 10 aromatic rings. The Hall–Kier alpha value is -9.00. The van der Waals surface area contributed by atoms with Crippen molar-refractivity contribution in [3.05, 3.63) is 253 Å². The highest BCUT2D eigenvalue weighted by molar-refractivity contribution is 5.91. The molecule has 0 spiro atoms. The molecule has 0 saturated heterocycles. The second-order valence-electron chi connectivity index (χ2n) is 18.2. The standard InChI is InChI=1S/C64H50N4O2/c1-43-13-25-49(26-14-43)65(55-37-39-59-63(41-55)69-61-11-7-5-9-57(61)67(59)53-29-17-45(3)18-30-53)51-33-21-47(22-34-51)48-23-35-52(36-24-48)66(50-27-15-44(2)16-28-50)56-38-40-60-64(42-56)70-62-12-8-6-10-58(62)68(60)54-31-19-46(4)20-32-54/h5-42H,1-4H3. The summed E-state index contributed by atoms with van der Waals surface area (Å²) in [5.41, 5.74) is 19.5. The van der Waals surface area contributed by atoms with Crippen molar-refractivity contribution in [1.82, 2.24) is 0 Å². The first-order valence-electron chi connectivity index (χ1n) is 23.8. The predicted molar refractivity (Wildman–Crippen MR) is 290 cm³/mol. The lowest BCUT2D eigenvalue weighted by Crippen LogP contribution is -2.17. The average Bonchev–Trinajstić information content (AvgIpc) is 3.39. The van der Waals surface area contributed by atoms with Crippen LogP contribution in [0.2, 0.25) is 0 Å². The lowest BCUT2D eigenvalue weighted by atomic mass is 10.0. The SMILES string of the molecule is Cc1ccc(N(c2ccc(-c3ccc(N(c4ccc(C)cc4)c4ccc5c(c4)Oc4ccccc4N5c4ccc(C)cc4)cc3)cc2)c2ccc3c(c2)Oc2ccccc2N3c2ccc(C)cc2)cc1. The zero-order valence-corrected chi connectivity index (χ0v) is 39.5. The van der Waals surface area contributed by atoms with Crippen molar-refractivity contribution < 1.29 is 9.47 Å². The normalized spacial score (nSPS) is 12.2. The van der Waals surface area contributed by atoms with Gasteiger partial charge in [-0.15, -0.1) is 0 Å². The Morgan fingerprint density at radius 3 is 0.914 bits per heavy atom. The molecule has 6 nitrogen and oxygen atoms in total. The predicted octanol–water partition coefficient (Wildman–Crippen LogP) is 18.7. The van der Waals surface area contributed by atoms with Gasteiger partial charge in [0.25, 0.3) is 0 Å². The van der Waals surface area contributed by atoms with E-state index in [1.807, 2.05) is 24.3 Å². The Labute approximate surface area is 410 Å². The summed E-state index contributed by atoms with van der Waals surface area (Å²) in [5, 5.41) is 0. The monoisotopic (exact) mass is 906 g/mol. The van der Waals surface area contributed by atoms with Gasteiger partial charge in [-0.05, 0) is 160 Å². The molecule has 70 heavy (non-hydrogen) atoms. The quantitative estimate of drug-likeness (QED) is 0.143. The number of nitrogens with zero attached hydrogens (tertiary/aromatic N) is 4. The van der Waals surface area contributed by atoms with Crippen LogP contribution in [0.3, 0.4) is 0 Å². The van der Waals surface area contributed by atoms with Crippen molar-refractivity contribution in [2.45, 2.75) is 27.7 Å². The molecule has 2 aliphatic rings. The van der Waals surface area contributed by atoms with Crippen LogP contribution >= 0.6 is 0 Å². The van der Waals surface area contributed by atoms with E-state index in [0.717, 1.165) is 102 Å². The fraction of sp³-hybridized carbons (Fsp3) is 0.0625. The maximum atomic E-state index is 6.68. The van der Waals surface area contributed by atoms with Crippen LogP contribution in [0.4, 0.5) is 68.2 Å². The lowest BCUT2D eigenvalue weighted by Gasteiger charge is -2.34. The van der Waals surface area contributed by atoms with Gasteiger partial charge in [-0.25, -0.2) is 0 Å². The van der Waals surface area contributed by atoms with Gasteiger partial charge in [-0.3, -0.25) is 0 Å². The molecule has 2 aliphatic heterocycles. The first-order valence-corrected chi connectivity index (χ1v) is 23.8. The summed E-state index contributed by atoms with van der Waals surface area (Å²) in [6.45, 7) is 8.48. The van der Waals surface area contributed by atoms with Gasteiger partial charge >= 0.3 is 0 Å². The smallest absolute Gasteiger partial charge is 0.153 e. The molecule has 2 heterocycles. The number of aryl methyl sites for hydroxylation is 4. The van der Waals surface area contributed by atoms with Gasteiger partial charge < -0.3 is 29.1 Å². The molecular weight excluding hydrogens is 857 g/mol. The van der Waals surface area contributed by atoms with Gasteiger partial charge in [0.05, 0.1) is 22.7 Å². The minimum atomic E-state index is 0.794. The van der Waals surface area contributed by atoms with Crippen LogP contribution in [0.25, 0.3) is 11.1 Å². The molecule has 0 amide bonds. The number of ether oxygens (including phenoxy) is 2. The molecule has 0 aromatic heterocycles. The summed E-state index contributed by atoms with van der Waals surface area (Å²) in [6, 6.07) is 81.9. The molecule has 10 aromatic carbocycles. The summed E-state index contributed by atoms with van der Waals surface area (Å²) in [4.78, 5) is 9.17. The van der Waals surface area contributed by atoms with E-state index >= 15 is 0 Å². The summed E-state index contributed by atoms with van der Waals surface area (Å²) in [6.07, 6.45) is 0. The molecule has 0 aliphatic carbocycles. The zero-order valence-electron chi connectivity index (χ0n) is 39.5. The van der Waals surface area contributed by atoms with Crippen LogP contribution in [0.5, 0.6) is 23.0 Å². The Balaban J connectivity index is 0.874. The molecule has 12 rings (SSSR count). The average molecular weight is 907 g/mol. The molecule has 6 heteroatoms. The van der Waals surface area contributed by atoms with Crippen LogP contribution in [0, 0.1) is 27.7 Å². The Bertz CT molecular complexity index is 3280. The number of rotatable bonds is 9. The van der Waals surface area contributed by atoms with Crippen molar-refractivity contribution in [3.63, 3.8) is 0 Å². The highest BCUT2D eigenvalue weighted by atomic mass is 16.5. The second-order valence-corrected chi connectivity index (χ2v) is 18.2. The Morgan fingerprint density at radius 1 is 0.271 bits per heavy atom.